The van der Waals surface area contributed by atoms with Gasteiger partial charge in [0.2, 0.25) is 16.8 Å². The summed E-state index contributed by atoms with van der Waals surface area (Å²) in [6, 6.07) is 4.33. The van der Waals surface area contributed by atoms with Crippen molar-refractivity contribution in [2.24, 2.45) is 5.73 Å². The lowest BCUT2D eigenvalue weighted by molar-refractivity contribution is 0.174. The van der Waals surface area contributed by atoms with Crippen molar-refractivity contribution < 1.29 is 17.9 Å². The average Bonchev–Trinajstić information content (AvgIpc) is 2.90. The zero-order valence-electron chi connectivity index (χ0n) is 11.9. The highest BCUT2D eigenvalue weighted by Gasteiger charge is 2.22. The lowest BCUT2D eigenvalue weighted by Gasteiger charge is -2.16. The number of rotatable bonds is 7. The number of unbranched alkanes of at least 4 members (excludes halogenated alkanes) is 1. The molecular weight excluding hydrogens is 316 g/mol. The molecule has 0 saturated carbocycles. The number of nitrogens with two attached hydrogens (primary N) is 1. The van der Waals surface area contributed by atoms with Crippen LogP contribution in [0.15, 0.2) is 23.1 Å². The Morgan fingerprint density at radius 3 is 2.71 bits per heavy atom. The van der Waals surface area contributed by atoms with Gasteiger partial charge in [-0.25, -0.2) is 13.1 Å². The molecule has 1 atom stereocenters. The second-order valence-corrected chi connectivity index (χ2v) is 6.43. The zero-order valence-corrected chi connectivity index (χ0v) is 13.5. The maximum atomic E-state index is 12.3. The first-order valence-corrected chi connectivity index (χ1v) is 8.17. The van der Waals surface area contributed by atoms with Gasteiger partial charge in [0.25, 0.3) is 0 Å². The van der Waals surface area contributed by atoms with Crippen LogP contribution < -0.4 is 19.9 Å². The Morgan fingerprint density at radius 2 is 2.05 bits per heavy atom. The van der Waals surface area contributed by atoms with Crippen molar-refractivity contribution in [1.29, 1.82) is 0 Å². The van der Waals surface area contributed by atoms with Crippen molar-refractivity contribution in [3.63, 3.8) is 0 Å². The van der Waals surface area contributed by atoms with Crippen LogP contribution in [-0.2, 0) is 10.0 Å². The Bertz CT molecular complexity index is 565. The minimum Gasteiger partial charge on any atom is -0.454 e. The standard InChI is InChI=1S/C13H20N2O4S.ClH/c1-2-3-4-10(8-14)15-20(16,17)11-5-6-12-13(7-11)19-9-18-12;/h5-7,10,15H,2-4,8-9,14H2,1H3;1H. The van der Waals surface area contributed by atoms with Crippen LogP contribution in [0.1, 0.15) is 26.2 Å². The first-order valence-electron chi connectivity index (χ1n) is 6.69. The fourth-order valence-corrected chi connectivity index (χ4v) is 3.31. The molecule has 0 saturated heterocycles. The number of hydrogen-bond donors (Lipinski definition) is 2. The Hall–Kier alpha value is -1.02. The number of benzene rings is 1. The van der Waals surface area contributed by atoms with Crippen molar-refractivity contribution in [3.8, 4) is 11.5 Å². The highest BCUT2D eigenvalue weighted by atomic mass is 35.5. The molecule has 2 rings (SSSR count). The monoisotopic (exact) mass is 336 g/mol. The molecule has 3 N–H and O–H groups in total. The van der Waals surface area contributed by atoms with Gasteiger partial charge in [-0.05, 0) is 18.6 Å². The Morgan fingerprint density at radius 1 is 1.33 bits per heavy atom. The number of ether oxygens (including phenoxy) is 2. The molecule has 0 spiro atoms. The first kappa shape index (κ1) is 18.0. The second-order valence-electron chi connectivity index (χ2n) is 4.71. The van der Waals surface area contributed by atoms with Crippen LogP contribution >= 0.6 is 12.4 Å². The topological polar surface area (TPSA) is 90.7 Å². The van der Waals surface area contributed by atoms with Gasteiger partial charge in [0, 0.05) is 18.7 Å². The molecule has 0 aliphatic carbocycles. The van der Waals surface area contributed by atoms with Gasteiger partial charge in [0.05, 0.1) is 4.90 Å². The minimum atomic E-state index is -3.59. The molecule has 1 unspecified atom stereocenters. The van der Waals surface area contributed by atoms with E-state index in [9.17, 15) is 8.42 Å². The molecule has 1 aliphatic rings. The third-order valence-corrected chi connectivity index (χ3v) is 4.68. The Balaban J connectivity index is 0.00000220. The molecule has 0 aromatic heterocycles. The summed E-state index contributed by atoms with van der Waals surface area (Å²) in [6.07, 6.45) is 2.67. The Labute approximate surface area is 131 Å². The van der Waals surface area contributed by atoms with Gasteiger partial charge in [-0.15, -0.1) is 12.4 Å². The van der Waals surface area contributed by atoms with E-state index in [2.05, 4.69) is 11.6 Å². The van der Waals surface area contributed by atoms with E-state index in [1.54, 1.807) is 6.07 Å². The smallest absolute Gasteiger partial charge is 0.241 e. The average molecular weight is 337 g/mol. The molecule has 1 aromatic rings. The predicted molar refractivity (Wildman–Crippen MR) is 82.5 cm³/mol. The van der Waals surface area contributed by atoms with E-state index in [4.69, 9.17) is 15.2 Å². The van der Waals surface area contributed by atoms with E-state index >= 15 is 0 Å². The van der Waals surface area contributed by atoms with Gasteiger partial charge in [-0.3, -0.25) is 0 Å². The summed E-state index contributed by atoms with van der Waals surface area (Å²) in [7, 11) is -3.59. The number of halogens is 1. The molecule has 1 aromatic carbocycles. The van der Waals surface area contributed by atoms with Gasteiger partial charge in [-0.2, -0.15) is 0 Å². The van der Waals surface area contributed by atoms with Crippen molar-refractivity contribution in [1.82, 2.24) is 4.72 Å². The summed E-state index contributed by atoms with van der Waals surface area (Å²) >= 11 is 0. The van der Waals surface area contributed by atoms with Crippen LogP contribution in [0.25, 0.3) is 0 Å². The molecule has 6 nitrogen and oxygen atoms in total. The van der Waals surface area contributed by atoms with Crippen LogP contribution in [0.4, 0.5) is 0 Å². The molecular formula is C13H21ClN2O4S. The van der Waals surface area contributed by atoms with Crippen LogP contribution in [0.3, 0.4) is 0 Å². The van der Waals surface area contributed by atoms with E-state index in [1.165, 1.54) is 12.1 Å². The predicted octanol–water partition coefficient (Wildman–Crippen LogP) is 1.63. The molecule has 1 aliphatic heterocycles. The van der Waals surface area contributed by atoms with Gasteiger partial charge in [0.1, 0.15) is 0 Å². The van der Waals surface area contributed by atoms with Crippen molar-refractivity contribution in [3.05, 3.63) is 18.2 Å². The molecule has 0 fully saturated rings. The third kappa shape index (κ3) is 4.47. The SMILES string of the molecule is CCCCC(CN)NS(=O)(=O)c1ccc2c(c1)OCO2.Cl. The largest absolute Gasteiger partial charge is 0.454 e. The lowest BCUT2D eigenvalue weighted by Crippen LogP contribution is -2.40. The van der Waals surface area contributed by atoms with E-state index in [-0.39, 0.29) is 36.7 Å². The molecule has 8 heteroatoms. The molecule has 1 heterocycles. The van der Waals surface area contributed by atoms with Crippen LogP contribution in [0.2, 0.25) is 0 Å². The van der Waals surface area contributed by atoms with Gasteiger partial charge >= 0.3 is 0 Å². The van der Waals surface area contributed by atoms with Crippen LogP contribution in [-0.4, -0.2) is 27.8 Å². The van der Waals surface area contributed by atoms with Crippen LogP contribution in [0.5, 0.6) is 11.5 Å². The van der Waals surface area contributed by atoms with Crippen molar-refractivity contribution in [2.45, 2.75) is 37.1 Å². The number of sulfonamides is 1. The minimum absolute atomic E-state index is 0. The van der Waals surface area contributed by atoms with Gasteiger partial charge in [0.15, 0.2) is 11.5 Å². The first-order chi connectivity index (χ1) is 9.56. The lowest BCUT2D eigenvalue weighted by atomic mass is 10.1. The summed E-state index contributed by atoms with van der Waals surface area (Å²) in [6.45, 7) is 2.46. The molecule has 0 bridgehead atoms. The molecule has 0 amide bonds. The number of nitrogens with one attached hydrogen (secondary N) is 1. The van der Waals surface area contributed by atoms with E-state index in [0.29, 0.717) is 11.5 Å². The van der Waals surface area contributed by atoms with Gasteiger partial charge < -0.3 is 15.2 Å². The van der Waals surface area contributed by atoms with Crippen LogP contribution in [0, 0.1) is 0 Å². The highest BCUT2D eigenvalue weighted by Crippen LogP contribution is 2.33. The highest BCUT2D eigenvalue weighted by molar-refractivity contribution is 7.89. The molecule has 120 valence electrons. The third-order valence-electron chi connectivity index (χ3n) is 3.17. The van der Waals surface area contributed by atoms with Gasteiger partial charge in [-0.1, -0.05) is 19.8 Å². The summed E-state index contributed by atoms with van der Waals surface area (Å²) in [4.78, 5) is 0.164. The summed E-state index contributed by atoms with van der Waals surface area (Å²) in [5.74, 6) is 1.01. The normalized spacial score (nSPS) is 14.6. The van der Waals surface area contributed by atoms with E-state index < -0.39 is 10.0 Å². The second kappa shape index (κ2) is 7.84. The number of hydrogen-bond acceptors (Lipinski definition) is 5. The summed E-state index contributed by atoms with van der Waals surface area (Å²) in [5, 5.41) is 0. The summed E-state index contributed by atoms with van der Waals surface area (Å²) in [5.41, 5.74) is 5.62. The van der Waals surface area contributed by atoms with E-state index in [0.717, 1.165) is 19.3 Å². The summed E-state index contributed by atoms with van der Waals surface area (Å²) < 4.78 is 37.6. The van der Waals surface area contributed by atoms with Crippen molar-refractivity contribution in [2.75, 3.05) is 13.3 Å². The van der Waals surface area contributed by atoms with E-state index in [1.807, 2.05) is 0 Å². The fourth-order valence-electron chi connectivity index (χ4n) is 2.01. The number of fused-ring (bicyclic) bond motifs is 1. The van der Waals surface area contributed by atoms with Crippen molar-refractivity contribution >= 4 is 22.4 Å². The zero-order chi connectivity index (χ0) is 14.6. The molecule has 21 heavy (non-hydrogen) atoms. The molecule has 0 radical (unpaired) electrons. The quantitative estimate of drug-likeness (QED) is 0.789. The fraction of sp³-hybridized carbons (Fsp3) is 0.538. The maximum Gasteiger partial charge on any atom is 0.241 e. The maximum absolute atomic E-state index is 12.3. The Kier molecular flexibility index (Phi) is 6.73.